The zero-order chi connectivity index (χ0) is 10.8. The maximum Gasteiger partial charge on any atom is 0.146 e. The summed E-state index contributed by atoms with van der Waals surface area (Å²) < 4.78 is 13.8. The lowest BCUT2D eigenvalue weighted by molar-refractivity contribution is 0.615. The topological polar surface area (TPSA) is 3.24 Å². The average molecular weight is 272 g/mol. The monoisotopic (exact) mass is 271 g/mol. The summed E-state index contributed by atoms with van der Waals surface area (Å²) >= 11 is 3.42. The van der Waals surface area contributed by atoms with Crippen LogP contribution in [0.4, 0.5) is 10.1 Å². The summed E-state index contributed by atoms with van der Waals surface area (Å²) in [7, 11) is 0. The Morgan fingerprint density at radius 2 is 2.20 bits per heavy atom. The van der Waals surface area contributed by atoms with Crippen LogP contribution in [0.25, 0.3) is 0 Å². The summed E-state index contributed by atoms with van der Waals surface area (Å²) in [5.74, 6) is -0.0966. The number of anilines is 1. The van der Waals surface area contributed by atoms with Gasteiger partial charge in [-0.15, -0.1) is 0 Å². The van der Waals surface area contributed by atoms with Gasteiger partial charge in [0.2, 0.25) is 0 Å². The molecule has 0 saturated heterocycles. The van der Waals surface area contributed by atoms with Crippen molar-refractivity contribution in [1.29, 1.82) is 0 Å². The molecule has 1 aromatic rings. The van der Waals surface area contributed by atoms with Gasteiger partial charge >= 0.3 is 0 Å². The molecule has 0 radical (unpaired) electrons. The van der Waals surface area contributed by atoms with Crippen molar-refractivity contribution in [3.05, 3.63) is 29.6 Å². The summed E-state index contributed by atoms with van der Waals surface area (Å²) in [5.41, 5.74) is 1.84. The first-order valence-electron chi connectivity index (χ1n) is 5.38. The van der Waals surface area contributed by atoms with Gasteiger partial charge in [0, 0.05) is 17.9 Å². The number of nitrogens with zero attached hydrogens (tertiary/aromatic N) is 1. The van der Waals surface area contributed by atoms with Gasteiger partial charge in [-0.25, -0.2) is 4.39 Å². The van der Waals surface area contributed by atoms with Gasteiger partial charge in [-0.05, 0) is 31.4 Å². The molecule has 0 aromatic heterocycles. The number of hydrogen-bond donors (Lipinski definition) is 0. The fraction of sp³-hybridized carbons (Fsp3) is 0.500. The fourth-order valence-electron chi connectivity index (χ4n) is 1.97. The Balaban J connectivity index is 2.38. The lowest BCUT2D eigenvalue weighted by atomic mass is 10.1. The van der Waals surface area contributed by atoms with Crippen LogP contribution in [0.3, 0.4) is 0 Å². The molecule has 0 aliphatic heterocycles. The predicted molar refractivity (Wildman–Crippen MR) is 65.1 cm³/mol. The van der Waals surface area contributed by atoms with Gasteiger partial charge in [0.1, 0.15) is 5.82 Å². The Hall–Kier alpha value is -0.570. The third-order valence-corrected chi connectivity index (χ3v) is 3.43. The maximum atomic E-state index is 13.8. The van der Waals surface area contributed by atoms with E-state index in [-0.39, 0.29) is 5.82 Å². The van der Waals surface area contributed by atoms with Gasteiger partial charge in [0.25, 0.3) is 0 Å². The number of halogens is 2. The molecule has 0 N–H and O–H groups in total. The van der Waals surface area contributed by atoms with Crippen LogP contribution >= 0.6 is 15.9 Å². The second-order valence-electron chi connectivity index (χ2n) is 3.90. The highest BCUT2D eigenvalue weighted by Gasteiger charge is 2.30. The maximum absolute atomic E-state index is 13.8. The van der Waals surface area contributed by atoms with Crippen molar-refractivity contribution in [2.45, 2.75) is 31.1 Å². The summed E-state index contributed by atoms with van der Waals surface area (Å²) in [6, 6.07) is 5.87. The standard InChI is InChI=1S/C12H15BrFN/c1-2-15(10-6-7-10)12-9(8-13)4-3-5-11(12)14/h3-5,10H,2,6-8H2,1H3. The number of alkyl halides is 1. The minimum absolute atomic E-state index is 0.0966. The van der Waals surface area contributed by atoms with Crippen LogP contribution in [0.5, 0.6) is 0 Å². The van der Waals surface area contributed by atoms with Crippen molar-refractivity contribution >= 4 is 21.6 Å². The van der Waals surface area contributed by atoms with E-state index in [9.17, 15) is 4.39 Å². The molecule has 1 nitrogen and oxygen atoms in total. The summed E-state index contributed by atoms with van der Waals surface area (Å²) in [5, 5.41) is 0.712. The molecule has 3 heteroatoms. The normalized spacial score (nSPS) is 15.4. The summed E-state index contributed by atoms with van der Waals surface area (Å²) in [6.07, 6.45) is 2.40. The molecule has 0 bridgehead atoms. The predicted octanol–water partition coefficient (Wildman–Crippen LogP) is 3.71. The van der Waals surface area contributed by atoms with E-state index in [0.29, 0.717) is 11.4 Å². The highest BCUT2D eigenvalue weighted by molar-refractivity contribution is 9.08. The molecule has 1 aliphatic carbocycles. The summed E-state index contributed by atoms with van der Waals surface area (Å²) in [4.78, 5) is 2.19. The van der Waals surface area contributed by atoms with E-state index in [4.69, 9.17) is 0 Å². The molecule has 1 saturated carbocycles. The zero-order valence-electron chi connectivity index (χ0n) is 8.84. The third kappa shape index (κ3) is 2.17. The minimum Gasteiger partial charge on any atom is -0.366 e. The van der Waals surface area contributed by atoms with Crippen molar-refractivity contribution < 1.29 is 4.39 Å². The molecule has 1 aromatic carbocycles. The SMILES string of the molecule is CCN(c1c(F)cccc1CBr)C1CC1. The van der Waals surface area contributed by atoms with Crippen molar-refractivity contribution in [3.8, 4) is 0 Å². The van der Waals surface area contributed by atoms with Crippen LogP contribution in [0.1, 0.15) is 25.3 Å². The summed E-state index contributed by atoms with van der Waals surface area (Å²) in [6.45, 7) is 2.97. The lowest BCUT2D eigenvalue weighted by Crippen LogP contribution is -2.27. The molecule has 0 atom stereocenters. The minimum atomic E-state index is -0.0966. The van der Waals surface area contributed by atoms with Gasteiger partial charge in [0.05, 0.1) is 5.69 Å². The van der Waals surface area contributed by atoms with Crippen LogP contribution in [0, 0.1) is 5.82 Å². The molecule has 0 heterocycles. The van der Waals surface area contributed by atoms with Crippen LogP contribution in [-0.4, -0.2) is 12.6 Å². The molecular formula is C12H15BrFN. The first kappa shape index (κ1) is 10.9. The number of hydrogen-bond acceptors (Lipinski definition) is 1. The Morgan fingerprint density at radius 3 is 2.73 bits per heavy atom. The highest BCUT2D eigenvalue weighted by Crippen LogP contribution is 2.35. The molecule has 0 amide bonds. The van der Waals surface area contributed by atoms with Crippen molar-refractivity contribution in [3.63, 3.8) is 0 Å². The van der Waals surface area contributed by atoms with Crippen LogP contribution < -0.4 is 4.90 Å². The Bertz CT molecular complexity index is 349. The van der Waals surface area contributed by atoms with Gasteiger partial charge in [0.15, 0.2) is 0 Å². The second-order valence-corrected chi connectivity index (χ2v) is 4.46. The molecule has 2 rings (SSSR count). The van der Waals surface area contributed by atoms with Gasteiger partial charge < -0.3 is 4.90 Å². The molecule has 0 spiro atoms. The van der Waals surface area contributed by atoms with Gasteiger partial charge in [-0.2, -0.15) is 0 Å². The molecule has 82 valence electrons. The van der Waals surface area contributed by atoms with E-state index < -0.39 is 0 Å². The molecule has 15 heavy (non-hydrogen) atoms. The number of rotatable bonds is 4. The van der Waals surface area contributed by atoms with Crippen molar-refractivity contribution in [2.24, 2.45) is 0 Å². The van der Waals surface area contributed by atoms with Crippen LogP contribution in [-0.2, 0) is 5.33 Å². The Morgan fingerprint density at radius 1 is 1.47 bits per heavy atom. The van der Waals surface area contributed by atoms with E-state index in [2.05, 4.69) is 27.8 Å². The Labute approximate surface area is 98.4 Å². The number of para-hydroxylation sites is 1. The lowest BCUT2D eigenvalue weighted by Gasteiger charge is -2.25. The third-order valence-electron chi connectivity index (χ3n) is 2.83. The zero-order valence-corrected chi connectivity index (χ0v) is 10.4. The second kappa shape index (κ2) is 4.52. The van der Waals surface area contributed by atoms with Gasteiger partial charge in [-0.3, -0.25) is 0 Å². The first-order chi connectivity index (χ1) is 7.27. The van der Waals surface area contributed by atoms with Crippen molar-refractivity contribution in [2.75, 3.05) is 11.4 Å². The van der Waals surface area contributed by atoms with Crippen LogP contribution in [0.2, 0.25) is 0 Å². The first-order valence-corrected chi connectivity index (χ1v) is 6.50. The highest BCUT2D eigenvalue weighted by atomic mass is 79.9. The van der Waals surface area contributed by atoms with E-state index in [1.54, 1.807) is 12.1 Å². The largest absolute Gasteiger partial charge is 0.366 e. The smallest absolute Gasteiger partial charge is 0.146 e. The Kier molecular flexibility index (Phi) is 3.29. The van der Waals surface area contributed by atoms with Crippen LogP contribution in [0.15, 0.2) is 18.2 Å². The van der Waals surface area contributed by atoms with E-state index >= 15 is 0 Å². The quantitative estimate of drug-likeness (QED) is 0.755. The average Bonchev–Trinajstić information content (AvgIpc) is 3.05. The molecule has 1 fully saturated rings. The van der Waals surface area contributed by atoms with Crippen molar-refractivity contribution in [1.82, 2.24) is 0 Å². The number of benzene rings is 1. The van der Waals surface area contributed by atoms with E-state index in [1.807, 2.05) is 6.07 Å². The fourth-order valence-corrected chi connectivity index (χ4v) is 2.43. The molecular weight excluding hydrogens is 257 g/mol. The van der Waals surface area contributed by atoms with E-state index in [0.717, 1.165) is 17.8 Å². The molecule has 1 aliphatic rings. The van der Waals surface area contributed by atoms with Gasteiger partial charge in [-0.1, -0.05) is 28.1 Å². The van der Waals surface area contributed by atoms with E-state index in [1.165, 1.54) is 12.8 Å². The molecule has 0 unspecified atom stereocenters.